The molecule has 0 spiro atoms. The Morgan fingerprint density at radius 1 is 0.658 bits per heavy atom. The van der Waals surface area contributed by atoms with Crippen molar-refractivity contribution < 1.29 is 33.3 Å². The first-order chi connectivity index (χ1) is 18.1. The van der Waals surface area contributed by atoms with Crippen LogP contribution in [0, 0.1) is 0 Å². The lowest BCUT2D eigenvalue weighted by Crippen LogP contribution is -2.13. The molecule has 38 heavy (non-hydrogen) atoms. The van der Waals surface area contributed by atoms with E-state index in [1.165, 1.54) is 23.5 Å². The Morgan fingerprint density at radius 2 is 1.00 bits per heavy atom. The topological polar surface area (TPSA) is 88.1 Å². The second-order valence-electron chi connectivity index (χ2n) is 8.32. The highest BCUT2D eigenvalue weighted by atomic mass is 32.2. The summed E-state index contributed by atoms with van der Waals surface area (Å²) in [6.07, 6.45) is 0. The van der Waals surface area contributed by atoms with Crippen molar-refractivity contribution in [2.24, 2.45) is 0 Å². The zero-order valence-corrected chi connectivity index (χ0v) is 23.8. The van der Waals surface area contributed by atoms with E-state index in [4.69, 9.17) is 18.9 Å². The molecule has 2 aromatic rings. The molecule has 2 atom stereocenters. The van der Waals surface area contributed by atoms with E-state index in [2.05, 4.69) is 13.2 Å². The van der Waals surface area contributed by atoms with Crippen molar-refractivity contribution in [1.82, 2.24) is 0 Å². The van der Waals surface area contributed by atoms with Crippen LogP contribution in [-0.2, 0) is 28.5 Å². The van der Waals surface area contributed by atoms with Gasteiger partial charge in [0.25, 0.3) is 0 Å². The zero-order valence-electron chi connectivity index (χ0n) is 22.2. The minimum atomic E-state index is -0.429. The number of hydrogen-bond donors (Lipinski definition) is 0. The van der Waals surface area contributed by atoms with Gasteiger partial charge >= 0.3 is 11.9 Å². The van der Waals surface area contributed by atoms with Crippen molar-refractivity contribution in [1.29, 1.82) is 0 Å². The lowest BCUT2D eigenvalue weighted by atomic mass is 10.0. The van der Waals surface area contributed by atoms with Crippen LogP contribution in [0.1, 0.15) is 43.6 Å². The monoisotopic (exact) mass is 558 g/mol. The fraction of sp³-hybridized carbons (Fsp3) is 0.345. The van der Waals surface area contributed by atoms with Gasteiger partial charge in [0.15, 0.2) is 5.78 Å². The van der Waals surface area contributed by atoms with Crippen LogP contribution >= 0.6 is 23.5 Å². The summed E-state index contributed by atoms with van der Waals surface area (Å²) in [5.41, 5.74) is 1.60. The first-order valence-corrected chi connectivity index (χ1v) is 13.8. The SMILES string of the molecule is C=C(C)C(=O)OCCOC(C)Sc1ccc(C(=O)c2ccc(SC(C)OCCOC(=O)C(=C)C)cc2)cc1. The molecule has 0 aromatic heterocycles. The maximum Gasteiger partial charge on any atom is 0.333 e. The highest BCUT2D eigenvalue weighted by Crippen LogP contribution is 2.27. The molecule has 0 amide bonds. The van der Waals surface area contributed by atoms with Gasteiger partial charge < -0.3 is 18.9 Å². The van der Waals surface area contributed by atoms with Gasteiger partial charge in [-0.05, 0) is 76.2 Å². The molecule has 2 aromatic carbocycles. The van der Waals surface area contributed by atoms with Gasteiger partial charge in [-0.1, -0.05) is 36.7 Å². The number of hydrogen-bond acceptors (Lipinski definition) is 9. The van der Waals surface area contributed by atoms with Gasteiger partial charge in [-0.15, -0.1) is 0 Å². The highest BCUT2D eigenvalue weighted by Gasteiger charge is 2.12. The van der Waals surface area contributed by atoms with Crippen LogP contribution < -0.4 is 0 Å². The van der Waals surface area contributed by atoms with Gasteiger partial charge in [-0.2, -0.15) is 0 Å². The third-order valence-corrected chi connectivity index (χ3v) is 6.90. The van der Waals surface area contributed by atoms with Gasteiger partial charge in [0, 0.05) is 32.1 Å². The van der Waals surface area contributed by atoms with Crippen molar-refractivity contribution in [3.8, 4) is 0 Å². The van der Waals surface area contributed by atoms with Crippen molar-refractivity contribution in [2.75, 3.05) is 26.4 Å². The number of esters is 2. The van der Waals surface area contributed by atoms with Gasteiger partial charge in [0.1, 0.15) is 24.1 Å². The van der Waals surface area contributed by atoms with Crippen molar-refractivity contribution in [3.05, 3.63) is 84.0 Å². The largest absolute Gasteiger partial charge is 0.460 e. The molecule has 0 fully saturated rings. The smallest absolute Gasteiger partial charge is 0.333 e. The normalized spacial score (nSPS) is 12.3. The standard InChI is InChI=1S/C29H34O7S2/c1-19(2)28(31)35-17-15-33-21(5)37-25-11-7-23(8-12-25)27(30)24-9-13-26(14-10-24)38-22(6)34-16-18-36-29(32)20(3)4/h7-14,21-22H,1,3,15-18H2,2,4-6H3. The van der Waals surface area contributed by atoms with Gasteiger partial charge in [0.2, 0.25) is 0 Å². The summed E-state index contributed by atoms with van der Waals surface area (Å²) < 4.78 is 21.4. The fourth-order valence-electron chi connectivity index (χ4n) is 2.93. The number of benzene rings is 2. The number of thioether (sulfide) groups is 2. The molecule has 0 saturated carbocycles. The summed E-state index contributed by atoms with van der Waals surface area (Å²) in [6.45, 7) is 15.0. The average Bonchev–Trinajstić information content (AvgIpc) is 2.89. The van der Waals surface area contributed by atoms with Gasteiger partial charge in [-0.3, -0.25) is 4.79 Å². The lowest BCUT2D eigenvalue weighted by molar-refractivity contribution is -0.141. The van der Waals surface area contributed by atoms with Crippen molar-refractivity contribution in [3.63, 3.8) is 0 Å². The zero-order chi connectivity index (χ0) is 28.1. The summed E-state index contributed by atoms with van der Waals surface area (Å²) in [4.78, 5) is 37.6. The first-order valence-electron chi connectivity index (χ1n) is 12.0. The molecule has 7 nitrogen and oxygen atoms in total. The highest BCUT2D eigenvalue weighted by molar-refractivity contribution is 8.00. The molecular formula is C29H34O7S2. The third kappa shape index (κ3) is 11.3. The van der Waals surface area contributed by atoms with Crippen LogP contribution in [-0.4, -0.2) is 55.0 Å². The molecule has 2 rings (SSSR count). The second kappa shape index (κ2) is 16.2. The summed E-state index contributed by atoms with van der Waals surface area (Å²) in [7, 11) is 0. The Kier molecular flexibility index (Phi) is 13.4. The quantitative estimate of drug-likeness (QED) is 0.0609. The van der Waals surface area contributed by atoms with E-state index < -0.39 is 11.9 Å². The maximum absolute atomic E-state index is 12.9. The summed E-state index contributed by atoms with van der Waals surface area (Å²) >= 11 is 3.01. The lowest BCUT2D eigenvalue weighted by Gasteiger charge is -2.13. The average molecular weight is 559 g/mol. The predicted octanol–water partition coefficient (Wildman–Crippen LogP) is 6.07. The molecular weight excluding hydrogens is 524 g/mol. The minimum absolute atomic E-state index is 0.0645. The molecule has 0 aliphatic rings. The number of carbonyl (C=O) groups is 3. The Morgan fingerprint density at radius 3 is 1.32 bits per heavy atom. The fourth-order valence-corrected chi connectivity index (χ4v) is 4.61. The van der Waals surface area contributed by atoms with E-state index in [-0.39, 0.29) is 43.1 Å². The van der Waals surface area contributed by atoms with Gasteiger partial charge in [0.05, 0.1) is 13.2 Å². The summed E-state index contributed by atoms with van der Waals surface area (Å²) in [5, 5.41) is 0. The van der Waals surface area contributed by atoms with Crippen molar-refractivity contribution in [2.45, 2.75) is 48.4 Å². The molecule has 0 radical (unpaired) electrons. The minimum Gasteiger partial charge on any atom is -0.460 e. The molecule has 2 unspecified atom stereocenters. The van der Waals surface area contributed by atoms with Crippen LogP contribution in [0.25, 0.3) is 0 Å². The first kappa shape index (κ1) is 31.4. The number of ether oxygens (including phenoxy) is 4. The Balaban J connectivity index is 1.78. The maximum atomic E-state index is 12.9. The Labute approximate surface area is 232 Å². The third-order valence-electron chi connectivity index (χ3n) is 4.87. The number of rotatable bonds is 16. The van der Waals surface area contributed by atoms with Crippen LogP contribution in [0.15, 0.2) is 82.6 Å². The van der Waals surface area contributed by atoms with E-state index in [0.717, 1.165) is 9.79 Å². The molecule has 0 N–H and O–H groups in total. The Bertz CT molecular complexity index is 1020. The molecule has 0 saturated heterocycles. The predicted molar refractivity (Wildman–Crippen MR) is 150 cm³/mol. The van der Waals surface area contributed by atoms with E-state index in [1.807, 2.05) is 38.1 Å². The number of carbonyl (C=O) groups excluding carboxylic acids is 3. The summed E-state index contributed by atoms with van der Waals surface area (Å²) in [6, 6.07) is 14.7. The van der Waals surface area contributed by atoms with Crippen LogP contribution in [0.2, 0.25) is 0 Å². The number of ketones is 1. The van der Waals surface area contributed by atoms with Crippen LogP contribution in [0.3, 0.4) is 0 Å². The van der Waals surface area contributed by atoms with Gasteiger partial charge in [-0.25, -0.2) is 9.59 Å². The molecule has 9 heteroatoms. The van der Waals surface area contributed by atoms with E-state index >= 15 is 0 Å². The van der Waals surface area contributed by atoms with E-state index in [9.17, 15) is 14.4 Å². The molecule has 204 valence electrons. The molecule has 0 heterocycles. The second-order valence-corrected chi connectivity index (χ2v) is 11.1. The molecule has 0 aliphatic heterocycles. The Hall–Kier alpha value is -2.85. The molecule has 0 aliphatic carbocycles. The van der Waals surface area contributed by atoms with Crippen LogP contribution in [0.4, 0.5) is 0 Å². The molecule has 0 bridgehead atoms. The summed E-state index contributed by atoms with van der Waals surface area (Å²) in [5.74, 6) is -0.922. The van der Waals surface area contributed by atoms with E-state index in [0.29, 0.717) is 22.3 Å². The van der Waals surface area contributed by atoms with Crippen molar-refractivity contribution >= 4 is 41.2 Å². The van der Waals surface area contributed by atoms with Crippen LogP contribution in [0.5, 0.6) is 0 Å². The van der Waals surface area contributed by atoms with E-state index in [1.54, 1.807) is 38.1 Å².